The Labute approximate surface area is 163 Å². The molecule has 2 rings (SSSR count). The zero-order valence-corrected chi connectivity index (χ0v) is 16.6. The number of hydrogen-bond acceptors (Lipinski definition) is 2. The van der Waals surface area contributed by atoms with Gasteiger partial charge >= 0.3 is 5.97 Å². The Balaban J connectivity index is 1.99. The molecule has 1 aromatic rings. The average Bonchev–Trinajstić information content (AvgIpc) is 2.65. The number of fused-ring (bicyclic) bond motifs is 1. The zero-order valence-electron chi connectivity index (χ0n) is 16.6. The Morgan fingerprint density at radius 3 is 2.56 bits per heavy atom. The van der Waals surface area contributed by atoms with E-state index in [-0.39, 0.29) is 6.10 Å². The van der Waals surface area contributed by atoms with Crippen LogP contribution < -0.4 is 4.74 Å². The molecule has 0 saturated heterocycles. The highest BCUT2D eigenvalue weighted by atomic mass is 16.5. The number of benzene rings is 1. The van der Waals surface area contributed by atoms with Gasteiger partial charge in [-0.15, -0.1) is 0 Å². The van der Waals surface area contributed by atoms with Crippen LogP contribution in [0.25, 0.3) is 6.08 Å². The third-order valence-corrected chi connectivity index (χ3v) is 4.84. The lowest BCUT2D eigenvalue weighted by Gasteiger charge is -2.26. The number of ether oxygens (including phenoxy) is 1. The first-order valence-corrected chi connectivity index (χ1v) is 10.2. The molecule has 27 heavy (non-hydrogen) atoms. The minimum absolute atomic E-state index is 0.0319. The minimum atomic E-state index is -0.920. The molecule has 146 valence electrons. The van der Waals surface area contributed by atoms with Crippen LogP contribution in [-0.2, 0) is 4.79 Å². The predicted octanol–water partition coefficient (Wildman–Crippen LogP) is 6.56. The number of rotatable bonds is 11. The summed E-state index contributed by atoms with van der Waals surface area (Å²) < 4.78 is 6.25. The minimum Gasteiger partial charge on any atom is -0.485 e. The lowest BCUT2D eigenvalue weighted by Crippen LogP contribution is -2.21. The fraction of sp³-hybridized carbons (Fsp3) is 0.458. The second-order valence-electron chi connectivity index (χ2n) is 7.26. The smallest absolute Gasteiger partial charge is 0.328 e. The van der Waals surface area contributed by atoms with E-state index in [0.717, 1.165) is 35.3 Å². The van der Waals surface area contributed by atoms with Crippen molar-refractivity contribution in [3.8, 4) is 5.75 Å². The molecule has 3 heteroatoms. The van der Waals surface area contributed by atoms with Crippen molar-refractivity contribution < 1.29 is 14.6 Å². The van der Waals surface area contributed by atoms with Gasteiger partial charge in [0.1, 0.15) is 11.9 Å². The van der Waals surface area contributed by atoms with Gasteiger partial charge in [0.15, 0.2) is 0 Å². The van der Waals surface area contributed by atoms with Crippen molar-refractivity contribution in [3.63, 3.8) is 0 Å². The number of unbranched alkanes of at least 4 members (excludes halogenated alkanes) is 6. The topological polar surface area (TPSA) is 46.5 Å². The number of aliphatic carboxylic acids is 1. The Hall–Kier alpha value is -2.29. The lowest BCUT2D eigenvalue weighted by atomic mass is 9.96. The second kappa shape index (κ2) is 11.4. The van der Waals surface area contributed by atoms with Gasteiger partial charge in [0.05, 0.1) is 0 Å². The summed E-state index contributed by atoms with van der Waals surface area (Å²) in [5.74, 6) is 0.0105. The average molecular weight is 369 g/mol. The van der Waals surface area contributed by atoms with E-state index in [9.17, 15) is 4.79 Å². The summed E-state index contributed by atoms with van der Waals surface area (Å²) in [6.45, 7) is 4.04. The Bertz CT molecular complexity index is 697. The quantitative estimate of drug-likeness (QED) is 0.273. The highest BCUT2D eigenvalue weighted by Gasteiger charge is 2.20. The molecule has 0 aromatic heterocycles. The zero-order chi connectivity index (χ0) is 19.5. The summed E-state index contributed by atoms with van der Waals surface area (Å²) in [6.07, 6.45) is 17.2. The molecule has 0 bridgehead atoms. The fourth-order valence-corrected chi connectivity index (χ4v) is 3.34. The van der Waals surface area contributed by atoms with Crippen LogP contribution in [0, 0.1) is 0 Å². The molecule has 0 amide bonds. The van der Waals surface area contributed by atoms with E-state index >= 15 is 0 Å². The largest absolute Gasteiger partial charge is 0.485 e. The van der Waals surface area contributed by atoms with Crippen molar-refractivity contribution in [2.45, 2.75) is 71.3 Å². The van der Waals surface area contributed by atoms with Gasteiger partial charge in [-0.2, -0.15) is 0 Å². The summed E-state index contributed by atoms with van der Waals surface area (Å²) >= 11 is 0. The SMILES string of the molecule is CCCCCCCCCC1Oc2ccccc2C=C1C=CC(C)=CC(=O)O. The van der Waals surface area contributed by atoms with Gasteiger partial charge in [-0.05, 0) is 43.1 Å². The van der Waals surface area contributed by atoms with Gasteiger partial charge in [0.2, 0.25) is 0 Å². The van der Waals surface area contributed by atoms with E-state index in [0.29, 0.717) is 0 Å². The van der Waals surface area contributed by atoms with Crippen molar-refractivity contribution in [1.82, 2.24) is 0 Å². The molecule has 1 atom stereocenters. The molecule has 1 N–H and O–H groups in total. The second-order valence-corrected chi connectivity index (χ2v) is 7.26. The summed E-state index contributed by atoms with van der Waals surface area (Å²) in [5, 5.41) is 8.87. The molecule has 1 aliphatic heterocycles. The van der Waals surface area contributed by atoms with Gasteiger partial charge in [-0.25, -0.2) is 4.79 Å². The van der Waals surface area contributed by atoms with E-state index < -0.39 is 5.97 Å². The van der Waals surface area contributed by atoms with Crippen LogP contribution in [-0.4, -0.2) is 17.2 Å². The normalized spacial score (nSPS) is 16.7. The number of carbonyl (C=O) groups is 1. The van der Waals surface area contributed by atoms with Crippen LogP contribution in [0.4, 0.5) is 0 Å². The first-order valence-electron chi connectivity index (χ1n) is 10.2. The van der Waals surface area contributed by atoms with Crippen LogP contribution in [0.2, 0.25) is 0 Å². The van der Waals surface area contributed by atoms with Gasteiger partial charge in [0, 0.05) is 11.6 Å². The van der Waals surface area contributed by atoms with Crippen LogP contribution in [0.15, 0.2) is 53.6 Å². The van der Waals surface area contributed by atoms with Crippen molar-refractivity contribution >= 4 is 12.0 Å². The summed E-state index contributed by atoms with van der Waals surface area (Å²) in [6, 6.07) is 8.07. The van der Waals surface area contributed by atoms with Crippen molar-refractivity contribution in [2.24, 2.45) is 0 Å². The molecule has 0 saturated carbocycles. The van der Waals surface area contributed by atoms with Crippen molar-refractivity contribution in [3.05, 3.63) is 59.2 Å². The maximum Gasteiger partial charge on any atom is 0.328 e. The molecule has 0 radical (unpaired) electrons. The van der Waals surface area contributed by atoms with Crippen LogP contribution >= 0.6 is 0 Å². The van der Waals surface area contributed by atoms with Crippen molar-refractivity contribution in [2.75, 3.05) is 0 Å². The van der Waals surface area contributed by atoms with Crippen LogP contribution in [0.3, 0.4) is 0 Å². The number of carboxylic acids is 1. The van der Waals surface area contributed by atoms with Gasteiger partial charge in [0.25, 0.3) is 0 Å². The van der Waals surface area contributed by atoms with E-state index in [1.54, 1.807) is 6.92 Å². The Morgan fingerprint density at radius 2 is 1.81 bits per heavy atom. The van der Waals surface area contributed by atoms with Gasteiger partial charge in [-0.1, -0.05) is 75.8 Å². The first kappa shape index (κ1) is 21.0. The molecular weight excluding hydrogens is 336 g/mol. The van der Waals surface area contributed by atoms with Crippen LogP contribution in [0.5, 0.6) is 5.75 Å². The first-order chi connectivity index (χ1) is 13.1. The molecule has 1 heterocycles. The van der Waals surface area contributed by atoms with E-state index in [4.69, 9.17) is 9.84 Å². The van der Waals surface area contributed by atoms with E-state index in [1.807, 2.05) is 36.4 Å². The Kier molecular flexibility index (Phi) is 8.90. The Morgan fingerprint density at radius 1 is 1.11 bits per heavy atom. The maximum atomic E-state index is 10.8. The predicted molar refractivity (Wildman–Crippen MR) is 112 cm³/mol. The molecular formula is C24H32O3. The third-order valence-electron chi connectivity index (χ3n) is 4.84. The number of carboxylic acid groups (broad SMARTS) is 1. The van der Waals surface area contributed by atoms with E-state index in [1.165, 1.54) is 44.6 Å². The maximum absolute atomic E-state index is 10.8. The summed E-state index contributed by atoms with van der Waals surface area (Å²) in [7, 11) is 0. The summed E-state index contributed by atoms with van der Waals surface area (Å²) in [5.41, 5.74) is 2.91. The van der Waals surface area contributed by atoms with Gasteiger partial charge < -0.3 is 9.84 Å². The van der Waals surface area contributed by atoms with Gasteiger partial charge in [-0.3, -0.25) is 0 Å². The molecule has 1 unspecified atom stereocenters. The molecule has 3 nitrogen and oxygen atoms in total. The highest BCUT2D eigenvalue weighted by Crippen LogP contribution is 2.32. The van der Waals surface area contributed by atoms with Crippen molar-refractivity contribution in [1.29, 1.82) is 0 Å². The lowest BCUT2D eigenvalue weighted by molar-refractivity contribution is -0.131. The molecule has 1 aliphatic rings. The fourth-order valence-electron chi connectivity index (χ4n) is 3.34. The standard InChI is InChI=1S/C24H32O3/c1-3-4-5-6-7-8-9-13-23-21(16-15-19(2)17-24(25)26)18-20-12-10-11-14-22(20)27-23/h10-12,14-18,23H,3-9,13H2,1-2H3,(H,25,26). The molecule has 0 fully saturated rings. The molecule has 0 aliphatic carbocycles. The number of para-hydroxylation sites is 1. The number of hydrogen-bond donors (Lipinski definition) is 1. The molecule has 1 aromatic carbocycles. The number of allylic oxidation sites excluding steroid dienone is 2. The summed E-state index contributed by atoms with van der Waals surface area (Å²) in [4.78, 5) is 10.8. The van der Waals surface area contributed by atoms with E-state index in [2.05, 4.69) is 13.0 Å². The van der Waals surface area contributed by atoms with Crippen LogP contribution in [0.1, 0.15) is 70.8 Å². The monoisotopic (exact) mass is 368 g/mol. The third kappa shape index (κ3) is 7.46. The molecule has 0 spiro atoms. The highest BCUT2D eigenvalue weighted by molar-refractivity contribution is 5.81.